The van der Waals surface area contributed by atoms with Crippen molar-refractivity contribution in [3.63, 3.8) is 0 Å². The monoisotopic (exact) mass is 324 g/mol. The Morgan fingerprint density at radius 1 is 1.21 bits per heavy atom. The Morgan fingerprint density at radius 2 is 2.00 bits per heavy atom. The zero-order valence-electron chi connectivity index (χ0n) is 14.1. The van der Waals surface area contributed by atoms with Crippen LogP contribution in [0.3, 0.4) is 0 Å². The summed E-state index contributed by atoms with van der Waals surface area (Å²) in [6, 6.07) is 12.9. The van der Waals surface area contributed by atoms with Gasteiger partial charge in [0, 0.05) is 38.3 Å². The molecule has 0 atom stereocenters. The largest absolute Gasteiger partial charge is 0.398 e. The number of ether oxygens (including phenoxy) is 2. The molecule has 2 rings (SSSR count). The second-order valence-corrected chi connectivity index (χ2v) is 5.20. The van der Waals surface area contributed by atoms with Crippen molar-refractivity contribution < 1.29 is 14.3 Å². The topological polar surface area (TPSA) is 51.7 Å². The van der Waals surface area contributed by atoms with Crippen LogP contribution in [0.1, 0.15) is 11.1 Å². The third-order valence-electron chi connectivity index (χ3n) is 3.37. The fourth-order valence-electron chi connectivity index (χ4n) is 1.97. The Labute approximate surface area is 142 Å². The van der Waals surface area contributed by atoms with Crippen LogP contribution in [-0.4, -0.2) is 38.3 Å². The molecule has 2 aromatic rings. The minimum Gasteiger partial charge on any atom is -0.398 e. The molecule has 0 fully saturated rings. The molecule has 1 aromatic carbocycles. The number of pyridine rings is 1. The van der Waals surface area contributed by atoms with Crippen molar-refractivity contribution in [2.75, 3.05) is 32.2 Å². The number of methoxy groups -OCH3 is 1. The van der Waals surface area contributed by atoms with Gasteiger partial charge < -0.3 is 14.4 Å². The molecule has 0 amide bonds. The number of anilines is 1. The van der Waals surface area contributed by atoms with Crippen LogP contribution >= 0.6 is 0 Å². The third kappa shape index (κ3) is 5.11. The summed E-state index contributed by atoms with van der Waals surface area (Å²) in [6.07, 6.45) is 0. The number of aromatic nitrogens is 1. The molecule has 0 aliphatic heterocycles. The molecule has 1 aromatic heterocycles. The van der Waals surface area contributed by atoms with E-state index in [1.807, 2.05) is 49.2 Å². The summed E-state index contributed by atoms with van der Waals surface area (Å²) < 4.78 is 10.2. The maximum Gasteiger partial charge on any atom is 0.391 e. The highest BCUT2D eigenvalue weighted by Gasteiger charge is 2.07. The SMILES string of the molecule is COCCN(C)c1cccc(OC(=O)C#Cc2ccccc2C)n1. The lowest BCUT2D eigenvalue weighted by Gasteiger charge is -2.17. The normalized spacial score (nSPS) is 9.79. The molecule has 0 spiro atoms. The number of esters is 1. The summed E-state index contributed by atoms with van der Waals surface area (Å²) in [4.78, 5) is 18.1. The van der Waals surface area contributed by atoms with Crippen LogP contribution in [-0.2, 0) is 9.53 Å². The summed E-state index contributed by atoms with van der Waals surface area (Å²) in [6.45, 7) is 3.22. The number of carbonyl (C=O) groups excluding carboxylic acids is 1. The average molecular weight is 324 g/mol. The molecule has 24 heavy (non-hydrogen) atoms. The molecule has 1 heterocycles. The van der Waals surface area contributed by atoms with Gasteiger partial charge in [-0.25, -0.2) is 4.79 Å². The van der Waals surface area contributed by atoms with Crippen molar-refractivity contribution in [2.45, 2.75) is 6.92 Å². The van der Waals surface area contributed by atoms with E-state index in [2.05, 4.69) is 16.8 Å². The van der Waals surface area contributed by atoms with Crippen LogP contribution in [0.2, 0.25) is 0 Å². The quantitative estimate of drug-likeness (QED) is 0.624. The molecule has 5 heteroatoms. The van der Waals surface area contributed by atoms with Crippen LogP contribution in [0.5, 0.6) is 5.88 Å². The van der Waals surface area contributed by atoms with E-state index < -0.39 is 5.97 Å². The highest BCUT2D eigenvalue weighted by atomic mass is 16.5. The van der Waals surface area contributed by atoms with Crippen molar-refractivity contribution in [1.82, 2.24) is 4.98 Å². The van der Waals surface area contributed by atoms with Crippen molar-refractivity contribution in [3.05, 3.63) is 53.6 Å². The minimum atomic E-state index is -0.637. The average Bonchev–Trinajstić information content (AvgIpc) is 2.59. The maximum absolute atomic E-state index is 11.9. The van der Waals surface area contributed by atoms with Crippen molar-refractivity contribution in [1.29, 1.82) is 0 Å². The van der Waals surface area contributed by atoms with Crippen LogP contribution in [0.4, 0.5) is 5.82 Å². The first-order valence-electron chi connectivity index (χ1n) is 7.56. The van der Waals surface area contributed by atoms with Gasteiger partial charge in [0.1, 0.15) is 5.82 Å². The zero-order chi connectivity index (χ0) is 17.4. The van der Waals surface area contributed by atoms with Gasteiger partial charge in [0.05, 0.1) is 6.61 Å². The third-order valence-corrected chi connectivity index (χ3v) is 3.37. The number of hydrogen-bond acceptors (Lipinski definition) is 5. The molecule has 0 aliphatic carbocycles. The molecule has 0 radical (unpaired) electrons. The van der Waals surface area contributed by atoms with E-state index >= 15 is 0 Å². The predicted octanol–water partition coefficient (Wildman–Crippen LogP) is 2.43. The van der Waals surface area contributed by atoms with Gasteiger partial charge in [-0.3, -0.25) is 0 Å². The number of likely N-dealkylation sites (N-methyl/N-ethyl adjacent to an activating group) is 1. The van der Waals surface area contributed by atoms with Crippen LogP contribution in [0, 0.1) is 18.8 Å². The second kappa shape index (κ2) is 8.70. The molecule has 0 unspecified atom stereocenters. The van der Waals surface area contributed by atoms with E-state index in [9.17, 15) is 4.79 Å². The van der Waals surface area contributed by atoms with Gasteiger partial charge in [0.25, 0.3) is 0 Å². The fourth-order valence-corrected chi connectivity index (χ4v) is 1.97. The van der Waals surface area contributed by atoms with Gasteiger partial charge in [-0.2, -0.15) is 4.98 Å². The van der Waals surface area contributed by atoms with E-state index in [1.54, 1.807) is 19.2 Å². The van der Waals surface area contributed by atoms with E-state index in [0.717, 1.165) is 11.1 Å². The molecular formula is C19H20N2O3. The number of nitrogens with zero attached hydrogens (tertiary/aromatic N) is 2. The summed E-state index contributed by atoms with van der Waals surface area (Å²) in [5.74, 6) is 5.59. The lowest BCUT2D eigenvalue weighted by Crippen LogP contribution is -2.23. The number of aryl methyl sites for hydroxylation is 1. The molecule has 124 valence electrons. The van der Waals surface area contributed by atoms with Gasteiger partial charge in [0.2, 0.25) is 5.88 Å². The van der Waals surface area contributed by atoms with E-state index in [-0.39, 0.29) is 5.88 Å². The van der Waals surface area contributed by atoms with Gasteiger partial charge in [0.15, 0.2) is 0 Å². The number of hydrogen-bond donors (Lipinski definition) is 0. The zero-order valence-corrected chi connectivity index (χ0v) is 14.1. The Morgan fingerprint density at radius 3 is 2.75 bits per heavy atom. The molecular weight excluding hydrogens is 304 g/mol. The van der Waals surface area contributed by atoms with E-state index in [1.165, 1.54) is 0 Å². The molecule has 0 saturated carbocycles. The Kier molecular flexibility index (Phi) is 6.35. The lowest BCUT2D eigenvalue weighted by molar-refractivity contribution is -0.128. The Balaban J connectivity index is 2.03. The number of benzene rings is 1. The van der Waals surface area contributed by atoms with Gasteiger partial charge in [-0.05, 0) is 24.6 Å². The van der Waals surface area contributed by atoms with Crippen molar-refractivity contribution >= 4 is 11.8 Å². The Hall–Kier alpha value is -2.84. The summed E-state index contributed by atoms with van der Waals surface area (Å²) in [5, 5.41) is 0. The standard InChI is InChI=1S/C19H20N2O3/c1-15-7-4-5-8-16(15)11-12-19(22)24-18-10-6-9-17(20-18)21(2)13-14-23-3/h4-10H,13-14H2,1-3H3. The first-order chi connectivity index (χ1) is 11.6. The first kappa shape index (κ1) is 17.5. The highest BCUT2D eigenvalue weighted by molar-refractivity contribution is 5.90. The highest BCUT2D eigenvalue weighted by Crippen LogP contribution is 2.14. The van der Waals surface area contributed by atoms with Gasteiger partial charge in [-0.1, -0.05) is 30.2 Å². The summed E-state index contributed by atoms with van der Waals surface area (Å²) in [5.41, 5.74) is 1.81. The van der Waals surface area contributed by atoms with Gasteiger partial charge in [-0.15, -0.1) is 0 Å². The molecule has 0 saturated heterocycles. The maximum atomic E-state index is 11.9. The smallest absolute Gasteiger partial charge is 0.391 e. The van der Waals surface area contributed by atoms with Crippen LogP contribution in [0.15, 0.2) is 42.5 Å². The molecule has 0 N–H and O–H groups in total. The number of carbonyl (C=O) groups is 1. The van der Waals surface area contributed by atoms with E-state index in [0.29, 0.717) is 19.0 Å². The fraction of sp³-hybridized carbons (Fsp3) is 0.263. The summed E-state index contributed by atoms with van der Waals surface area (Å²) >= 11 is 0. The number of rotatable bonds is 5. The van der Waals surface area contributed by atoms with Crippen molar-refractivity contribution in [3.8, 4) is 17.7 Å². The van der Waals surface area contributed by atoms with Crippen LogP contribution in [0.25, 0.3) is 0 Å². The first-order valence-corrected chi connectivity index (χ1v) is 7.56. The lowest BCUT2D eigenvalue weighted by atomic mass is 10.1. The molecule has 5 nitrogen and oxygen atoms in total. The van der Waals surface area contributed by atoms with Crippen LogP contribution < -0.4 is 9.64 Å². The second-order valence-electron chi connectivity index (χ2n) is 5.20. The summed E-state index contributed by atoms with van der Waals surface area (Å²) in [7, 11) is 3.54. The van der Waals surface area contributed by atoms with Crippen molar-refractivity contribution in [2.24, 2.45) is 0 Å². The molecule has 0 bridgehead atoms. The van der Waals surface area contributed by atoms with E-state index in [4.69, 9.17) is 9.47 Å². The predicted molar refractivity (Wildman–Crippen MR) is 93.1 cm³/mol. The minimum absolute atomic E-state index is 0.223. The molecule has 0 aliphatic rings. The van der Waals surface area contributed by atoms with Gasteiger partial charge >= 0.3 is 5.97 Å². The Bertz CT molecular complexity index is 762.